The van der Waals surface area contributed by atoms with Gasteiger partial charge in [0.2, 0.25) is 12.0 Å². The third-order valence-electron chi connectivity index (χ3n) is 5.38. The van der Waals surface area contributed by atoms with Gasteiger partial charge in [-0.25, -0.2) is 13.8 Å². The number of nitrogens with two attached hydrogens (primary N) is 1. The lowest BCUT2D eigenvalue weighted by Gasteiger charge is -2.20. The van der Waals surface area contributed by atoms with Crippen molar-refractivity contribution in [2.24, 2.45) is 10.7 Å². The van der Waals surface area contributed by atoms with Gasteiger partial charge in [-0.1, -0.05) is 12.1 Å². The Morgan fingerprint density at radius 2 is 1.76 bits per heavy atom. The average Bonchev–Trinajstić information content (AvgIpc) is 3.22. The summed E-state index contributed by atoms with van der Waals surface area (Å²) in [7, 11) is 0. The summed E-state index contributed by atoms with van der Waals surface area (Å²) in [6.45, 7) is 0.894. The summed E-state index contributed by atoms with van der Waals surface area (Å²) in [6, 6.07) is 4.91. The highest BCUT2D eigenvalue weighted by Gasteiger charge is 2.36. The minimum Gasteiger partial charge on any atom is -0.481 e. The van der Waals surface area contributed by atoms with Crippen LogP contribution in [0.15, 0.2) is 41.4 Å². The molecule has 0 spiro atoms. The van der Waals surface area contributed by atoms with Gasteiger partial charge in [0.15, 0.2) is 11.6 Å². The molecule has 2 aromatic carbocycles. The fraction of sp³-hybridized carbons (Fsp3) is 0.333. The highest BCUT2D eigenvalue weighted by molar-refractivity contribution is 5.94. The normalized spacial score (nSPS) is 17.8. The largest absolute Gasteiger partial charge is 0.481 e. The number of carboxylic acids is 1. The molecule has 9 nitrogen and oxygen atoms in total. The number of hydrogen-bond donors (Lipinski definition) is 2. The summed E-state index contributed by atoms with van der Waals surface area (Å²) in [5.41, 5.74) is 3.42. The lowest BCUT2D eigenvalue weighted by Crippen LogP contribution is -2.35. The number of carboxylic acid groups (broad SMARTS) is 1. The minimum atomic E-state index is -4.54. The van der Waals surface area contributed by atoms with Crippen LogP contribution in [0.5, 0.6) is 5.75 Å². The number of aliphatic carboxylic acids is 1. The third-order valence-corrected chi connectivity index (χ3v) is 5.38. The zero-order valence-corrected chi connectivity index (χ0v) is 19.6. The molecule has 0 bridgehead atoms. The van der Waals surface area contributed by atoms with Gasteiger partial charge in [-0.2, -0.15) is 13.2 Å². The van der Waals surface area contributed by atoms with Crippen molar-refractivity contribution in [3.8, 4) is 5.75 Å². The average molecular weight is 544 g/mol. The van der Waals surface area contributed by atoms with Crippen molar-refractivity contribution >= 4 is 23.7 Å². The highest BCUT2D eigenvalue weighted by Crippen LogP contribution is 2.34. The number of rotatable bonds is 10. The Bertz CT molecular complexity index is 1250. The highest BCUT2D eigenvalue weighted by atomic mass is 19.4. The molecule has 204 valence electrons. The summed E-state index contributed by atoms with van der Waals surface area (Å²) in [6.07, 6.45) is -7.77. The van der Waals surface area contributed by atoms with Gasteiger partial charge in [0.05, 0.1) is 18.4 Å². The lowest BCUT2D eigenvalue weighted by molar-refractivity contribution is -0.148. The van der Waals surface area contributed by atoms with Crippen LogP contribution in [0.2, 0.25) is 0 Å². The monoisotopic (exact) mass is 544 g/mol. The van der Waals surface area contributed by atoms with Crippen LogP contribution in [0.3, 0.4) is 0 Å². The van der Waals surface area contributed by atoms with Gasteiger partial charge in [-0.3, -0.25) is 14.4 Å². The Morgan fingerprint density at radius 1 is 1.11 bits per heavy atom. The van der Waals surface area contributed by atoms with Crippen LogP contribution in [0.1, 0.15) is 47.3 Å². The van der Waals surface area contributed by atoms with E-state index in [0.29, 0.717) is 5.56 Å². The summed E-state index contributed by atoms with van der Waals surface area (Å²) in [5.74, 6) is -7.19. The van der Waals surface area contributed by atoms with Crippen LogP contribution >= 0.6 is 0 Å². The van der Waals surface area contributed by atoms with E-state index in [2.05, 4.69) is 4.99 Å². The molecule has 1 amide bonds. The Kier molecular flexibility index (Phi) is 8.53. The molecule has 38 heavy (non-hydrogen) atoms. The number of amides is 1. The maximum atomic E-state index is 14.8. The second kappa shape index (κ2) is 11.4. The Balaban J connectivity index is 1.90. The Hall–Kier alpha value is -4.23. The van der Waals surface area contributed by atoms with E-state index in [1.165, 1.54) is 12.1 Å². The van der Waals surface area contributed by atoms with Crippen molar-refractivity contribution in [1.29, 1.82) is 0 Å². The van der Waals surface area contributed by atoms with E-state index in [0.717, 1.165) is 24.3 Å². The number of hydrogen-bond acceptors (Lipinski definition) is 7. The van der Waals surface area contributed by atoms with E-state index in [9.17, 15) is 36.3 Å². The second-order valence-electron chi connectivity index (χ2n) is 8.14. The summed E-state index contributed by atoms with van der Waals surface area (Å²) < 4.78 is 83.6. The first-order valence-corrected chi connectivity index (χ1v) is 11.0. The number of primary amides is 1. The van der Waals surface area contributed by atoms with E-state index in [1.54, 1.807) is 6.92 Å². The predicted octanol–water partition coefficient (Wildman–Crippen LogP) is 3.80. The smallest absolute Gasteiger partial charge is 0.416 e. The van der Waals surface area contributed by atoms with Gasteiger partial charge in [0.25, 0.3) is 5.91 Å². The number of esters is 1. The zero-order chi connectivity index (χ0) is 28.2. The quantitative estimate of drug-likeness (QED) is 0.343. The molecule has 14 heteroatoms. The lowest BCUT2D eigenvalue weighted by atomic mass is 10.0. The number of aliphatic imine (C=N–C) groups is 1. The number of halogens is 5. The number of carbonyl (C=O) groups is 3. The maximum absolute atomic E-state index is 14.8. The molecule has 0 aromatic heterocycles. The summed E-state index contributed by atoms with van der Waals surface area (Å²) >= 11 is 0. The number of benzene rings is 2. The molecule has 0 radical (unpaired) electrons. The van der Waals surface area contributed by atoms with Crippen LogP contribution < -0.4 is 10.5 Å². The van der Waals surface area contributed by atoms with Gasteiger partial charge in [-0.15, -0.1) is 0 Å². The first-order valence-electron chi connectivity index (χ1n) is 11.0. The van der Waals surface area contributed by atoms with Crippen molar-refractivity contribution < 1.29 is 55.7 Å². The van der Waals surface area contributed by atoms with Crippen molar-refractivity contribution in [2.75, 3.05) is 6.61 Å². The molecule has 0 fully saturated rings. The van der Waals surface area contributed by atoms with Gasteiger partial charge >= 0.3 is 18.1 Å². The van der Waals surface area contributed by atoms with E-state index >= 15 is 0 Å². The second-order valence-corrected chi connectivity index (χ2v) is 8.14. The van der Waals surface area contributed by atoms with Crippen molar-refractivity contribution in [1.82, 2.24) is 0 Å². The first kappa shape index (κ1) is 28.3. The fourth-order valence-corrected chi connectivity index (χ4v) is 3.51. The number of alkyl halides is 3. The predicted molar refractivity (Wildman–Crippen MR) is 119 cm³/mol. The standard InChI is InChI=1S/C24H21F5N2O7/c1-11-21(12-2-4-13(5-3-12)24(27,28)29)31-23(37-11)16(10-36-18(34)9-8-17(32)33)38-15-7-6-14(25)19(20(15)26)22(30)35/h2-7,11,16,21H,8-10H2,1H3,(H2,30,35)(H,32,33)/t11?,16-,21?/m1/s1. The minimum absolute atomic E-state index is 0.238. The summed E-state index contributed by atoms with van der Waals surface area (Å²) in [5, 5.41) is 8.72. The Labute approximate surface area is 212 Å². The van der Waals surface area contributed by atoms with Crippen LogP contribution in [-0.2, 0) is 25.2 Å². The van der Waals surface area contributed by atoms with E-state index in [-0.39, 0.29) is 5.90 Å². The van der Waals surface area contributed by atoms with E-state index < -0.39 is 90.2 Å². The molecule has 0 saturated carbocycles. The molecule has 2 unspecified atom stereocenters. The SMILES string of the molecule is CC1OC([C@@H](COC(=O)CCC(=O)O)Oc2ccc(F)c(C(N)=O)c2F)=NC1c1ccc(C(F)(F)F)cc1. The number of ether oxygens (including phenoxy) is 3. The zero-order valence-electron chi connectivity index (χ0n) is 19.6. The van der Waals surface area contributed by atoms with Crippen molar-refractivity contribution in [3.05, 3.63) is 64.7 Å². The van der Waals surface area contributed by atoms with Gasteiger partial charge in [0, 0.05) is 0 Å². The molecule has 3 rings (SSSR count). The number of nitrogens with zero attached hydrogens (tertiary/aromatic N) is 1. The molecule has 2 aromatic rings. The third kappa shape index (κ3) is 6.75. The number of carbonyl (C=O) groups excluding carboxylic acids is 2. The molecule has 1 aliphatic rings. The van der Waals surface area contributed by atoms with E-state index in [4.69, 9.17) is 25.1 Å². The van der Waals surface area contributed by atoms with Gasteiger partial charge < -0.3 is 25.1 Å². The Morgan fingerprint density at radius 3 is 2.34 bits per heavy atom. The molecular weight excluding hydrogens is 523 g/mol. The molecule has 0 saturated heterocycles. The molecule has 1 aliphatic heterocycles. The van der Waals surface area contributed by atoms with Crippen LogP contribution in [0, 0.1) is 11.6 Å². The maximum Gasteiger partial charge on any atom is 0.416 e. The van der Waals surface area contributed by atoms with Gasteiger partial charge in [0.1, 0.15) is 30.1 Å². The molecule has 3 N–H and O–H groups in total. The summed E-state index contributed by atoms with van der Waals surface area (Å²) in [4.78, 5) is 38.4. The molecular formula is C24H21F5N2O7. The van der Waals surface area contributed by atoms with Crippen LogP contribution in [-0.4, -0.2) is 47.7 Å². The van der Waals surface area contributed by atoms with Gasteiger partial charge in [-0.05, 0) is 36.8 Å². The topological polar surface area (TPSA) is 138 Å². The molecule has 0 aliphatic carbocycles. The molecule has 1 heterocycles. The van der Waals surface area contributed by atoms with Crippen LogP contribution in [0.25, 0.3) is 0 Å². The fourth-order valence-electron chi connectivity index (χ4n) is 3.51. The van der Waals surface area contributed by atoms with Crippen molar-refractivity contribution in [2.45, 2.75) is 44.2 Å². The van der Waals surface area contributed by atoms with Crippen LogP contribution in [0.4, 0.5) is 22.0 Å². The molecule has 3 atom stereocenters. The van der Waals surface area contributed by atoms with Crippen molar-refractivity contribution in [3.63, 3.8) is 0 Å². The van der Waals surface area contributed by atoms with E-state index in [1.807, 2.05) is 0 Å². The first-order chi connectivity index (χ1) is 17.8.